The average Bonchev–Trinajstić information content (AvgIpc) is 1.90. The van der Waals surface area contributed by atoms with Crippen LogP contribution in [0.2, 0.25) is 0 Å². The molecule has 0 rings (SSSR count). The summed E-state index contributed by atoms with van der Waals surface area (Å²) in [4.78, 5) is 10.2. The SMILES string of the molecule is CC[C@H](OC)[C@@H](C)C=O. The van der Waals surface area contributed by atoms with Gasteiger partial charge >= 0.3 is 0 Å². The van der Waals surface area contributed by atoms with Crippen LogP contribution in [-0.4, -0.2) is 19.5 Å². The molecule has 0 saturated heterocycles. The molecule has 0 aliphatic heterocycles. The zero-order valence-corrected chi connectivity index (χ0v) is 6.26. The van der Waals surface area contributed by atoms with Gasteiger partial charge in [0.2, 0.25) is 0 Å². The Morgan fingerprint density at radius 3 is 2.33 bits per heavy atom. The fraction of sp³-hybridized carbons (Fsp3) is 0.857. The van der Waals surface area contributed by atoms with E-state index in [1.165, 1.54) is 0 Å². The second kappa shape index (κ2) is 4.50. The molecule has 9 heavy (non-hydrogen) atoms. The first-order valence-electron chi connectivity index (χ1n) is 3.24. The minimum atomic E-state index is 0.0278. The van der Waals surface area contributed by atoms with Gasteiger partial charge in [-0.25, -0.2) is 0 Å². The predicted molar refractivity (Wildman–Crippen MR) is 36.3 cm³/mol. The third kappa shape index (κ3) is 2.61. The summed E-state index contributed by atoms with van der Waals surface area (Å²) in [6.07, 6.45) is 1.93. The van der Waals surface area contributed by atoms with Crippen LogP contribution in [0.3, 0.4) is 0 Å². The lowest BCUT2D eigenvalue weighted by Gasteiger charge is -2.14. The Morgan fingerprint density at radius 1 is 1.67 bits per heavy atom. The Labute approximate surface area is 56.2 Å². The van der Waals surface area contributed by atoms with E-state index in [0.717, 1.165) is 12.7 Å². The molecule has 0 heterocycles. The lowest BCUT2D eigenvalue weighted by atomic mass is 10.1. The fourth-order valence-electron chi connectivity index (χ4n) is 0.841. The van der Waals surface area contributed by atoms with Crippen LogP contribution in [0.15, 0.2) is 0 Å². The lowest BCUT2D eigenvalue weighted by molar-refractivity contribution is -0.114. The Hall–Kier alpha value is -0.370. The number of carbonyl (C=O) groups is 1. The van der Waals surface area contributed by atoms with Crippen LogP contribution < -0.4 is 0 Å². The van der Waals surface area contributed by atoms with E-state index in [4.69, 9.17) is 4.74 Å². The molecule has 0 amide bonds. The maximum atomic E-state index is 10.2. The van der Waals surface area contributed by atoms with Gasteiger partial charge in [0.25, 0.3) is 0 Å². The zero-order valence-electron chi connectivity index (χ0n) is 6.26. The van der Waals surface area contributed by atoms with Crippen molar-refractivity contribution >= 4 is 6.29 Å². The first-order valence-corrected chi connectivity index (χ1v) is 3.24. The zero-order chi connectivity index (χ0) is 7.28. The van der Waals surface area contributed by atoms with Gasteiger partial charge in [-0.1, -0.05) is 13.8 Å². The van der Waals surface area contributed by atoms with Crippen molar-refractivity contribution in [1.29, 1.82) is 0 Å². The highest BCUT2D eigenvalue weighted by Gasteiger charge is 2.12. The van der Waals surface area contributed by atoms with Crippen molar-refractivity contribution in [2.75, 3.05) is 7.11 Å². The molecule has 54 valence electrons. The molecule has 0 aliphatic carbocycles. The van der Waals surface area contributed by atoms with Crippen LogP contribution >= 0.6 is 0 Å². The van der Waals surface area contributed by atoms with Gasteiger partial charge in [-0.3, -0.25) is 0 Å². The molecule has 0 aromatic rings. The highest BCUT2D eigenvalue weighted by Crippen LogP contribution is 2.06. The van der Waals surface area contributed by atoms with Gasteiger partial charge in [-0.05, 0) is 6.42 Å². The van der Waals surface area contributed by atoms with Crippen LogP contribution in [0.4, 0.5) is 0 Å². The van der Waals surface area contributed by atoms with Crippen molar-refractivity contribution in [2.45, 2.75) is 26.4 Å². The van der Waals surface area contributed by atoms with Gasteiger partial charge in [0, 0.05) is 13.0 Å². The molecule has 0 aromatic carbocycles. The van der Waals surface area contributed by atoms with Gasteiger partial charge in [-0.2, -0.15) is 0 Å². The number of ether oxygens (including phenoxy) is 1. The molecule has 2 atom stereocenters. The summed E-state index contributed by atoms with van der Waals surface area (Å²) in [5, 5.41) is 0. The standard InChI is InChI=1S/C7H14O2/c1-4-7(9-3)6(2)5-8/h5-7H,4H2,1-3H3/t6-,7-/m0/s1. The first-order chi connectivity index (χ1) is 4.26. The van der Waals surface area contributed by atoms with E-state index in [1.807, 2.05) is 13.8 Å². The van der Waals surface area contributed by atoms with E-state index in [2.05, 4.69) is 0 Å². The van der Waals surface area contributed by atoms with Gasteiger partial charge in [0.1, 0.15) is 6.29 Å². The van der Waals surface area contributed by atoms with Gasteiger partial charge in [0.15, 0.2) is 0 Å². The molecule has 2 nitrogen and oxygen atoms in total. The molecule has 0 aliphatic rings. The quantitative estimate of drug-likeness (QED) is 0.535. The van der Waals surface area contributed by atoms with Crippen molar-refractivity contribution < 1.29 is 9.53 Å². The molecule has 0 aromatic heterocycles. The maximum Gasteiger partial charge on any atom is 0.125 e. The molecule has 0 bridgehead atoms. The minimum Gasteiger partial charge on any atom is -0.381 e. The van der Waals surface area contributed by atoms with Crippen LogP contribution in [0.25, 0.3) is 0 Å². The molecule has 0 unspecified atom stereocenters. The van der Waals surface area contributed by atoms with Gasteiger partial charge in [0.05, 0.1) is 6.10 Å². The molecule has 0 fully saturated rings. The summed E-state index contributed by atoms with van der Waals surface area (Å²) in [7, 11) is 1.63. The highest BCUT2D eigenvalue weighted by atomic mass is 16.5. The van der Waals surface area contributed by atoms with Crippen molar-refractivity contribution in [3.05, 3.63) is 0 Å². The molecule has 2 heteroatoms. The average molecular weight is 130 g/mol. The van der Waals surface area contributed by atoms with E-state index in [-0.39, 0.29) is 12.0 Å². The number of hydrogen-bond acceptors (Lipinski definition) is 2. The molecular formula is C7H14O2. The number of methoxy groups -OCH3 is 1. The summed E-state index contributed by atoms with van der Waals surface area (Å²) in [6, 6.07) is 0. The summed E-state index contributed by atoms with van der Waals surface area (Å²) in [6.45, 7) is 3.87. The summed E-state index contributed by atoms with van der Waals surface area (Å²) in [5.74, 6) is 0.0278. The van der Waals surface area contributed by atoms with E-state index in [1.54, 1.807) is 7.11 Å². The van der Waals surface area contributed by atoms with Crippen molar-refractivity contribution in [3.8, 4) is 0 Å². The second-order valence-corrected chi connectivity index (χ2v) is 2.18. The predicted octanol–water partition coefficient (Wildman–Crippen LogP) is 1.25. The Bertz CT molecular complexity index is 77.0. The maximum absolute atomic E-state index is 10.2. The summed E-state index contributed by atoms with van der Waals surface area (Å²) < 4.78 is 5.02. The van der Waals surface area contributed by atoms with Crippen LogP contribution in [0.5, 0.6) is 0 Å². The third-order valence-corrected chi connectivity index (χ3v) is 1.51. The monoisotopic (exact) mass is 130 g/mol. The normalized spacial score (nSPS) is 16.8. The number of hydrogen-bond donors (Lipinski definition) is 0. The van der Waals surface area contributed by atoms with E-state index in [9.17, 15) is 4.79 Å². The van der Waals surface area contributed by atoms with Crippen molar-refractivity contribution in [3.63, 3.8) is 0 Å². The van der Waals surface area contributed by atoms with Crippen LogP contribution in [-0.2, 0) is 9.53 Å². The van der Waals surface area contributed by atoms with E-state index in [0.29, 0.717) is 0 Å². The Kier molecular flexibility index (Phi) is 4.32. The lowest BCUT2D eigenvalue weighted by Crippen LogP contribution is -2.20. The largest absolute Gasteiger partial charge is 0.381 e. The second-order valence-electron chi connectivity index (χ2n) is 2.18. The third-order valence-electron chi connectivity index (χ3n) is 1.51. The van der Waals surface area contributed by atoms with Crippen molar-refractivity contribution in [2.24, 2.45) is 5.92 Å². The van der Waals surface area contributed by atoms with E-state index >= 15 is 0 Å². The molecule has 0 saturated carbocycles. The smallest absolute Gasteiger partial charge is 0.125 e. The number of carbonyl (C=O) groups excluding carboxylic acids is 1. The minimum absolute atomic E-state index is 0.0278. The summed E-state index contributed by atoms with van der Waals surface area (Å²) >= 11 is 0. The Balaban J connectivity index is 3.63. The topological polar surface area (TPSA) is 26.3 Å². The molecular weight excluding hydrogens is 116 g/mol. The fourth-order valence-corrected chi connectivity index (χ4v) is 0.841. The highest BCUT2D eigenvalue weighted by molar-refractivity contribution is 5.53. The molecule has 0 N–H and O–H groups in total. The summed E-state index contributed by atoms with van der Waals surface area (Å²) in [5.41, 5.74) is 0. The molecule has 0 spiro atoms. The van der Waals surface area contributed by atoms with Gasteiger partial charge < -0.3 is 9.53 Å². The molecule has 0 radical (unpaired) electrons. The number of rotatable bonds is 4. The van der Waals surface area contributed by atoms with E-state index < -0.39 is 0 Å². The Morgan fingerprint density at radius 2 is 2.22 bits per heavy atom. The number of aldehydes is 1. The van der Waals surface area contributed by atoms with Crippen molar-refractivity contribution in [1.82, 2.24) is 0 Å². The van der Waals surface area contributed by atoms with Crippen LogP contribution in [0.1, 0.15) is 20.3 Å². The first kappa shape index (κ1) is 8.63. The van der Waals surface area contributed by atoms with Gasteiger partial charge in [-0.15, -0.1) is 0 Å². The van der Waals surface area contributed by atoms with Crippen LogP contribution in [0, 0.1) is 5.92 Å².